The first kappa shape index (κ1) is 35.8. The summed E-state index contributed by atoms with van der Waals surface area (Å²) in [6.45, 7) is 8.65. The molecule has 48 heavy (non-hydrogen) atoms. The Morgan fingerprint density at radius 2 is 1.69 bits per heavy atom. The van der Waals surface area contributed by atoms with E-state index in [1.165, 1.54) is 43.5 Å². The van der Waals surface area contributed by atoms with Crippen LogP contribution in [0.2, 0.25) is 0 Å². The van der Waals surface area contributed by atoms with Crippen LogP contribution in [0.3, 0.4) is 0 Å². The lowest BCUT2D eigenvalue weighted by atomic mass is 9.97. The van der Waals surface area contributed by atoms with E-state index in [4.69, 9.17) is 4.74 Å². The summed E-state index contributed by atoms with van der Waals surface area (Å²) >= 11 is 1.01. The Morgan fingerprint density at radius 1 is 0.979 bits per heavy atom. The third-order valence-electron chi connectivity index (χ3n) is 8.99. The number of hydrogen-bond donors (Lipinski definition) is 2. The number of piperidine rings is 1. The van der Waals surface area contributed by atoms with Gasteiger partial charge in [-0.1, -0.05) is 32.8 Å². The Hall–Kier alpha value is -3.45. The average molecular weight is 714 g/mol. The molecule has 2 N–H and O–H groups in total. The molecule has 2 heterocycles. The van der Waals surface area contributed by atoms with Gasteiger partial charge in [0.15, 0.2) is 25.5 Å². The molecule has 12 heteroatoms. The molecule has 1 fully saturated rings. The van der Waals surface area contributed by atoms with Crippen LogP contribution < -0.4 is 4.74 Å². The number of ether oxygens (including phenoxy) is 1. The number of para-hydroxylation sites is 1. The monoisotopic (exact) mass is 713 g/mol. The summed E-state index contributed by atoms with van der Waals surface area (Å²) in [7, 11) is -7.63. The van der Waals surface area contributed by atoms with Crippen LogP contribution in [0.5, 0.6) is 17.2 Å². The number of aromatic hydroxyl groups is 2. The molecule has 1 atom stereocenters. The minimum Gasteiger partial charge on any atom is -0.507 e. The highest BCUT2D eigenvalue weighted by Crippen LogP contribution is 2.48. The van der Waals surface area contributed by atoms with E-state index in [-0.39, 0.29) is 42.5 Å². The molecule has 258 valence electrons. The maximum Gasteiger partial charge on any atom is 0.195 e. The zero-order valence-corrected chi connectivity index (χ0v) is 30.0. The van der Waals surface area contributed by atoms with Gasteiger partial charge in [0, 0.05) is 27.8 Å². The van der Waals surface area contributed by atoms with Crippen LogP contribution in [0.15, 0.2) is 64.4 Å². The van der Waals surface area contributed by atoms with Crippen LogP contribution >= 0.6 is 11.3 Å². The topological polar surface area (TPSA) is 138 Å². The first-order chi connectivity index (χ1) is 22.9. The lowest BCUT2D eigenvalue weighted by molar-refractivity contribution is 0.104. The fraction of sp³-hybridized carbons (Fsp3) is 0.417. The number of carbonyl (C=O) groups excluding carboxylic acids is 1. The number of likely N-dealkylation sites (tertiary alicyclic amines) is 1. The van der Waals surface area contributed by atoms with E-state index in [2.05, 4.69) is 4.90 Å². The fourth-order valence-corrected chi connectivity index (χ4v) is 10.3. The number of rotatable bonds is 14. The quantitative estimate of drug-likeness (QED) is 0.130. The first-order valence-electron chi connectivity index (χ1n) is 16.5. The molecule has 0 aliphatic carbocycles. The molecule has 4 aromatic rings. The van der Waals surface area contributed by atoms with E-state index in [1.807, 2.05) is 6.92 Å². The van der Waals surface area contributed by atoms with E-state index in [1.54, 1.807) is 38.1 Å². The summed E-state index contributed by atoms with van der Waals surface area (Å²) in [4.78, 5) is 16.6. The Labute approximate surface area is 287 Å². The number of fused-ring (bicyclic) bond motifs is 1. The minimum atomic E-state index is -3.90. The molecule has 1 aromatic heterocycles. The van der Waals surface area contributed by atoms with Gasteiger partial charge in [-0.05, 0) is 94.2 Å². The molecule has 0 amide bonds. The fourth-order valence-electron chi connectivity index (χ4n) is 5.91. The zero-order chi connectivity index (χ0) is 34.6. The second-order valence-electron chi connectivity index (χ2n) is 12.3. The molecule has 0 saturated carbocycles. The molecule has 1 saturated heterocycles. The Morgan fingerprint density at radius 3 is 2.35 bits per heavy atom. The van der Waals surface area contributed by atoms with Crippen LogP contribution in [0.4, 0.5) is 0 Å². The van der Waals surface area contributed by atoms with Crippen molar-refractivity contribution in [2.24, 2.45) is 0 Å². The maximum atomic E-state index is 14.3. The van der Waals surface area contributed by atoms with Crippen molar-refractivity contribution in [3.8, 4) is 27.7 Å². The van der Waals surface area contributed by atoms with E-state index < -0.39 is 42.2 Å². The number of unbranched alkanes of at least 4 members (excludes halogenated alkanes) is 1. The number of thiophene rings is 1. The maximum absolute atomic E-state index is 14.3. The molecular weight excluding hydrogens is 671 g/mol. The summed E-state index contributed by atoms with van der Waals surface area (Å²) in [5.74, 6) is -0.881. The van der Waals surface area contributed by atoms with Crippen LogP contribution in [0.1, 0.15) is 75.2 Å². The number of benzene rings is 3. The molecule has 9 nitrogen and oxygen atoms in total. The second kappa shape index (κ2) is 15.0. The summed E-state index contributed by atoms with van der Waals surface area (Å²) in [6.07, 6.45) is 5.10. The summed E-state index contributed by atoms with van der Waals surface area (Å²) < 4.78 is 59.1. The zero-order valence-electron chi connectivity index (χ0n) is 27.6. The molecular formula is C36H43NO8S3. The van der Waals surface area contributed by atoms with Gasteiger partial charge in [-0.25, -0.2) is 16.8 Å². The van der Waals surface area contributed by atoms with Crippen LogP contribution in [-0.2, 0) is 19.7 Å². The van der Waals surface area contributed by atoms with Gasteiger partial charge in [0.25, 0.3) is 0 Å². The van der Waals surface area contributed by atoms with Gasteiger partial charge < -0.3 is 14.9 Å². The second-order valence-corrected chi connectivity index (χ2v) is 17.8. The van der Waals surface area contributed by atoms with Crippen molar-refractivity contribution in [2.75, 3.05) is 32.0 Å². The number of phenols is 2. The van der Waals surface area contributed by atoms with Gasteiger partial charge >= 0.3 is 0 Å². The molecule has 5 rings (SSSR count). The molecule has 3 aromatic carbocycles. The van der Waals surface area contributed by atoms with Crippen molar-refractivity contribution >= 4 is 46.9 Å². The van der Waals surface area contributed by atoms with Gasteiger partial charge in [-0.3, -0.25) is 9.69 Å². The van der Waals surface area contributed by atoms with Gasteiger partial charge in [-0.15, -0.1) is 11.3 Å². The Bertz CT molecular complexity index is 1990. The molecule has 1 unspecified atom stereocenters. The van der Waals surface area contributed by atoms with Gasteiger partial charge in [-0.2, -0.15) is 0 Å². The van der Waals surface area contributed by atoms with E-state index in [9.17, 15) is 31.8 Å². The lowest BCUT2D eigenvalue weighted by Crippen LogP contribution is -2.33. The molecule has 1 aliphatic heterocycles. The van der Waals surface area contributed by atoms with Gasteiger partial charge in [0.1, 0.15) is 28.8 Å². The molecule has 0 bridgehead atoms. The predicted molar refractivity (Wildman–Crippen MR) is 190 cm³/mol. The number of ketones is 1. The Balaban J connectivity index is 1.59. The third kappa shape index (κ3) is 7.41. The first-order valence-corrected chi connectivity index (χ1v) is 20.5. The van der Waals surface area contributed by atoms with Crippen molar-refractivity contribution in [3.63, 3.8) is 0 Å². The van der Waals surface area contributed by atoms with Crippen molar-refractivity contribution in [2.45, 2.75) is 74.3 Å². The van der Waals surface area contributed by atoms with Crippen LogP contribution in [0, 0.1) is 0 Å². The smallest absolute Gasteiger partial charge is 0.195 e. The van der Waals surface area contributed by atoms with E-state index >= 15 is 0 Å². The minimum absolute atomic E-state index is 0.0390. The average Bonchev–Trinajstić information content (AvgIpc) is 3.47. The van der Waals surface area contributed by atoms with Crippen molar-refractivity contribution in [1.29, 1.82) is 0 Å². The standard InChI is InChI=1S/C36H43NO8S3/c1-4-6-21-47(41,42)27-22-29(38)32-30(23-27)46-36(28-11-10-12-31(35(28)40)48(43,44)24(3)5-2)33(32)34(39)25-13-15-26(16-14-25)45-20-19-37-17-8-7-9-18-37/h10-16,22-24,38,40H,4-9,17-21H2,1-3H3. The number of nitrogens with zero attached hydrogens (tertiary/aromatic N) is 1. The summed E-state index contributed by atoms with van der Waals surface area (Å²) in [5.41, 5.74) is 0.412. The normalized spacial score (nSPS) is 15.1. The largest absolute Gasteiger partial charge is 0.507 e. The van der Waals surface area contributed by atoms with Crippen molar-refractivity contribution in [1.82, 2.24) is 4.90 Å². The summed E-state index contributed by atoms with van der Waals surface area (Å²) in [5, 5.41) is 22.1. The number of carbonyl (C=O) groups is 1. The predicted octanol–water partition coefficient (Wildman–Crippen LogP) is 7.22. The van der Waals surface area contributed by atoms with Gasteiger partial charge in [0.05, 0.1) is 26.3 Å². The SMILES string of the molecule is CCCCS(=O)(=O)c1cc(O)c2c(C(=O)c3ccc(OCCN4CCCCC4)cc3)c(-c3cccc(S(=O)(=O)C(C)CC)c3O)sc2c1. The highest BCUT2D eigenvalue weighted by atomic mass is 32.2. The Kier molecular flexibility index (Phi) is 11.2. The van der Waals surface area contributed by atoms with Crippen LogP contribution in [0.25, 0.3) is 20.5 Å². The van der Waals surface area contributed by atoms with E-state index in [0.717, 1.165) is 37.0 Å². The summed E-state index contributed by atoms with van der Waals surface area (Å²) in [6, 6.07) is 13.6. The highest BCUT2D eigenvalue weighted by molar-refractivity contribution is 7.92. The number of sulfone groups is 2. The number of hydrogen-bond acceptors (Lipinski definition) is 10. The van der Waals surface area contributed by atoms with Crippen molar-refractivity contribution < 1.29 is 36.6 Å². The third-order valence-corrected chi connectivity index (χ3v) is 14.3. The number of phenolic OH excluding ortho intramolecular Hbond substituents is 2. The van der Waals surface area contributed by atoms with Gasteiger partial charge in [0.2, 0.25) is 0 Å². The molecule has 0 spiro atoms. The molecule has 0 radical (unpaired) electrons. The van der Waals surface area contributed by atoms with Crippen molar-refractivity contribution in [3.05, 3.63) is 65.7 Å². The lowest BCUT2D eigenvalue weighted by Gasteiger charge is -2.26. The van der Waals surface area contributed by atoms with E-state index in [0.29, 0.717) is 36.3 Å². The van der Waals surface area contributed by atoms with Crippen LogP contribution in [-0.4, -0.2) is 75.0 Å². The molecule has 1 aliphatic rings. The highest BCUT2D eigenvalue weighted by Gasteiger charge is 2.31.